The summed E-state index contributed by atoms with van der Waals surface area (Å²) in [6.07, 6.45) is 0.393. The van der Waals surface area contributed by atoms with Crippen LogP contribution < -0.4 is 16.0 Å². The smallest absolute Gasteiger partial charge is 0.354 e. The Balaban J connectivity index is 1.59. The topological polar surface area (TPSA) is 128 Å². The quantitative estimate of drug-likeness (QED) is 0.216. The van der Waals surface area contributed by atoms with Crippen LogP contribution in [0.25, 0.3) is 11.3 Å². The van der Waals surface area contributed by atoms with E-state index in [1.807, 2.05) is 13.0 Å². The second-order valence-corrected chi connectivity index (χ2v) is 11.2. The summed E-state index contributed by atoms with van der Waals surface area (Å²) in [6, 6.07) is 8.26. The average Bonchev–Trinajstić information content (AvgIpc) is 3.44. The summed E-state index contributed by atoms with van der Waals surface area (Å²) >= 11 is 6.52. The van der Waals surface area contributed by atoms with E-state index < -0.39 is 31.8 Å². The zero-order valence-corrected chi connectivity index (χ0v) is 24.7. The lowest BCUT2D eigenvalue weighted by atomic mass is 10.1. The van der Waals surface area contributed by atoms with Gasteiger partial charge in [0.05, 0.1) is 41.5 Å². The second kappa shape index (κ2) is 13.2. The Morgan fingerprint density at radius 2 is 2.00 bits per heavy atom. The maximum Gasteiger partial charge on any atom is 0.421 e. The number of halogens is 4. The fraction of sp³-hybridized carbons (Fsp3) is 0.296. The van der Waals surface area contributed by atoms with Crippen LogP contribution in [0.4, 0.5) is 36.3 Å². The van der Waals surface area contributed by atoms with Crippen molar-refractivity contribution < 1.29 is 27.0 Å². The maximum atomic E-state index is 14.0. The fourth-order valence-electron chi connectivity index (χ4n) is 4.20. The predicted octanol–water partition coefficient (Wildman–Crippen LogP) is 6.52. The molecule has 7 heterocycles. The lowest BCUT2D eigenvalue weighted by Crippen LogP contribution is -2.21. The monoisotopic (exact) mass is 634 g/mol. The number of rotatable bonds is 3. The summed E-state index contributed by atoms with van der Waals surface area (Å²) in [4.78, 5) is 25.2. The lowest BCUT2D eigenvalue weighted by Gasteiger charge is -2.18. The van der Waals surface area contributed by atoms with E-state index in [4.69, 9.17) is 20.6 Å². The maximum absolute atomic E-state index is 14.0. The van der Waals surface area contributed by atoms with E-state index in [1.165, 1.54) is 13.1 Å². The van der Waals surface area contributed by atoms with Crippen molar-refractivity contribution in [2.75, 3.05) is 30.9 Å². The van der Waals surface area contributed by atoms with Gasteiger partial charge in [0.25, 0.3) is 5.91 Å². The SMILES string of the molecule is CCOP1Cc2ccc(c(Cl)c2)Nc2ncc(C(F)(F)F)c(n2)Nc2ccc(nc2C(=O)NC)-c2cnn(c2)CCCO1. The Kier molecular flexibility index (Phi) is 9.40. The van der Waals surface area contributed by atoms with Gasteiger partial charge in [0.15, 0.2) is 14.1 Å². The molecule has 16 heteroatoms. The summed E-state index contributed by atoms with van der Waals surface area (Å²) in [5.74, 6) is -1.33. The van der Waals surface area contributed by atoms with Gasteiger partial charge in [-0.15, -0.1) is 0 Å². The van der Waals surface area contributed by atoms with Crippen molar-refractivity contribution in [3.8, 4) is 11.3 Å². The summed E-state index contributed by atoms with van der Waals surface area (Å²) in [6.45, 7) is 3.37. The standard InChI is InChI=1S/C27H27ClF3N8O3P/c1-3-41-43-15-16-5-6-21(19(28)11-16)37-26-33-13-18(27(29,30)31)24(38-26)36-22-8-7-20(35-23(22)25(40)32-2)17-12-34-39(14-17)9-4-10-42-43/h5-8,11-14H,3-4,9-10,15H2,1-2H3,(H,32,40)(H2,33,36,37,38). The molecule has 43 heavy (non-hydrogen) atoms. The van der Waals surface area contributed by atoms with Crippen LogP contribution in [0.1, 0.15) is 35.0 Å². The van der Waals surface area contributed by atoms with Crippen molar-refractivity contribution in [1.82, 2.24) is 30.0 Å². The Labute approximate surface area is 251 Å². The molecule has 1 atom stereocenters. The number of alkyl halides is 3. The second-order valence-electron chi connectivity index (χ2n) is 9.28. The number of carbonyl (C=O) groups excluding carboxylic acids is 1. The molecule has 0 aliphatic carbocycles. The molecular formula is C27H27ClF3N8O3P. The van der Waals surface area contributed by atoms with E-state index >= 15 is 0 Å². The number of pyridine rings is 1. The number of hydrogen-bond acceptors (Lipinski definition) is 9. The Hall–Kier alpha value is -3.84. The number of amides is 1. The number of aryl methyl sites for hydroxylation is 1. The number of anilines is 4. The average molecular weight is 635 g/mol. The highest BCUT2D eigenvalue weighted by molar-refractivity contribution is 7.46. The third-order valence-corrected chi connectivity index (χ3v) is 8.20. The van der Waals surface area contributed by atoms with Gasteiger partial charge in [-0.2, -0.15) is 23.3 Å². The van der Waals surface area contributed by atoms with Crippen molar-refractivity contribution in [1.29, 1.82) is 0 Å². The number of hydrogen-bond donors (Lipinski definition) is 3. The largest absolute Gasteiger partial charge is 0.421 e. The molecule has 3 N–H and O–H groups in total. The molecule has 0 spiro atoms. The lowest BCUT2D eigenvalue weighted by molar-refractivity contribution is -0.137. The molecule has 1 aromatic carbocycles. The number of benzene rings is 1. The highest BCUT2D eigenvalue weighted by Crippen LogP contribution is 2.43. The van der Waals surface area contributed by atoms with Crippen LogP contribution in [0.2, 0.25) is 5.02 Å². The molecule has 11 nitrogen and oxygen atoms in total. The molecule has 8 rings (SSSR count). The first-order valence-electron chi connectivity index (χ1n) is 13.2. The molecular weight excluding hydrogens is 608 g/mol. The van der Waals surface area contributed by atoms with Crippen LogP contribution in [-0.4, -0.2) is 50.9 Å². The molecule has 4 aliphatic rings. The molecule has 226 valence electrons. The van der Waals surface area contributed by atoms with Crippen molar-refractivity contribution >= 4 is 49.0 Å². The van der Waals surface area contributed by atoms with Gasteiger partial charge < -0.3 is 25.0 Å². The summed E-state index contributed by atoms with van der Waals surface area (Å²) in [7, 11) is 0.159. The van der Waals surface area contributed by atoms with Crippen molar-refractivity contribution in [3.05, 3.63) is 70.8 Å². The first kappa shape index (κ1) is 30.6. The van der Waals surface area contributed by atoms with Gasteiger partial charge >= 0.3 is 6.18 Å². The minimum absolute atomic E-state index is 0.0121. The number of nitrogens with one attached hydrogen (secondary N) is 3. The third kappa shape index (κ3) is 7.39. The Morgan fingerprint density at radius 1 is 1.19 bits per heavy atom. The molecule has 4 aliphatic heterocycles. The van der Waals surface area contributed by atoms with E-state index in [-0.39, 0.29) is 17.3 Å². The van der Waals surface area contributed by atoms with Crippen molar-refractivity contribution in [2.24, 2.45) is 0 Å². The van der Waals surface area contributed by atoms with Crippen LogP contribution in [0.15, 0.2) is 48.9 Å². The van der Waals surface area contributed by atoms with Crippen molar-refractivity contribution in [3.63, 3.8) is 0 Å². The van der Waals surface area contributed by atoms with Gasteiger partial charge in [-0.3, -0.25) is 9.48 Å². The van der Waals surface area contributed by atoms with Crippen LogP contribution in [0, 0.1) is 0 Å². The van der Waals surface area contributed by atoms with Crippen LogP contribution in [0.5, 0.6) is 0 Å². The van der Waals surface area contributed by atoms with Crippen LogP contribution >= 0.6 is 20.0 Å². The molecule has 0 saturated heterocycles. The first-order chi connectivity index (χ1) is 20.6. The van der Waals surface area contributed by atoms with Gasteiger partial charge in [0.1, 0.15) is 11.4 Å². The number of nitrogens with zero attached hydrogens (tertiary/aromatic N) is 5. The van der Waals surface area contributed by atoms with Gasteiger partial charge in [0, 0.05) is 37.7 Å². The van der Waals surface area contributed by atoms with E-state index in [0.29, 0.717) is 60.5 Å². The Bertz CT molecular complexity index is 1620. The molecule has 1 unspecified atom stereocenters. The van der Waals surface area contributed by atoms with Gasteiger partial charge in [-0.05, 0) is 43.2 Å². The summed E-state index contributed by atoms with van der Waals surface area (Å²) in [5, 5.41) is 12.7. The van der Waals surface area contributed by atoms with Crippen LogP contribution in [0.3, 0.4) is 0 Å². The minimum Gasteiger partial charge on any atom is -0.354 e. The van der Waals surface area contributed by atoms with E-state index in [9.17, 15) is 18.0 Å². The van der Waals surface area contributed by atoms with Crippen molar-refractivity contribution in [2.45, 2.75) is 32.2 Å². The summed E-state index contributed by atoms with van der Waals surface area (Å²) < 4.78 is 55.5. The zero-order valence-electron chi connectivity index (χ0n) is 23.1. The van der Waals surface area contributed by atoms with Gasteiger partial charge in [0.2, 0.25) is 5.95 Å². The predicted molar refractivity (Wildman–Crippen MR) is 157 cm³/mol. The summed E-state index contributed by atoms with van der Waals surface area (Å²) in [5.41, 5.74) is 1.03. The van der Waals surface area contributed by atoms with E-state index in [2.05, 4.69) is 36.0 Å². The van der Waals surface area contributed by atoms with Crippen LogP contribution in [-0.2, 0) is 27.9 Å². The number of aromatic nitrogens is 5. The fourth-order valence-corrected chi connectivity index (χ4v) is 5.82. The Morgan fingerprint density at radius 3 is 2.74 bits per heavy atom. The molecule has 8 bridgehead atoms. The third-order valence-electron chi connectivity index (χ3n) is 6.25. The molecule has 1 amide bonds. The molecule has 0 radical (unpaired) electrons. The van der Waals surface area contributed by atoms with Gasteiger partial charge in [-0.1, -0.05) is 17.7 Å². The van der Waals surface area contributed by atoms with E-state index in [0.717, 1.165) is 5.56 Å². The molecule has 3 aromatic heterocycles. The normalized spacial score (nSPS) is 15.6. The molecule has 0 saturated carbocycles. The zero-order chi connectivity index (χ0) is 30.6. The van der Waals surface area contributed by atoms with Gasteiger partial charge in [-0.25, -0.2) is 9.97 Å². The molecule has 4 aromatic rings. The van der Waals surface area contributed by atoms with E-state index in [1.54, 1.807) is 35.3 Å². The minimum atomic E-state index is -4.79. The first-order valence-corrected chi connectivity index (χ1v) is 14.9. The number of carbonyl (C=O) groups is 1. The molecule has 0 fully saturated rings. The highest BCUT2D eigenvalue weighted by atomic mass is 35.5. The highest BCUT2D eigenvalue weighted by Gasteiger charge is 2.36.